The van der Waals surface area contributed by atoms with E-state index in [9.17, 15) is 19.7 Å². The maximum Gasteiger partial charge on any atom is 0.309 e. The zero-order valence-electron chi connectivity index (χ0n) is 26.1. The molecule has 0 bridgehead atoms. The number of hydrogen-bond donors (Lipinski definition) is 0. The fourth-order valence-electron chi connectivity index (χ4n) is 7.08. The zero-order chi connectivity index (χ0) is 29.6. The molecule has 8 heteroatoms. The predicted octanol–water partition coefficient (Wildman–Crippen LogP) is 7.68. The fourth-order valence-corrected chi connectivity index (χ4v) is 7.08. The third kappa shape index (κ3) is 11.1. The Morgan fingerprint density at radius 1 is 0.805 bits per heavy atom. The van der Waals surface area contributed by atoms with Crippen LogP contribution in [0, 0.1) is 39.7 Å². The van der Waals surface area contributed by atoms with Gasteiger partial charge in [0.2, 0.25) is 6.04 Å². The zero-order valence-corrected chi connectivity index (χ0v) is 26.1. The van der Waals surface area contributed by atoms with Gasteiger partial charge in [0, 0.05) is 18.0 Å². The first-order valence-electron chi connectivity index (χ1n) is 16.9. The number of carbonyl (C=O) groups excluding carboxylic acids is 2. The van der Waals surface area contributed by atoms with Gasteiger partial charge in [-0.15, -0.1) is 0 Å². The molecule has 3 aliphatic carbocycles. The van der Waals surface area contributed by atoms with Gasteiger partial charge in [-0.25, -0.2) is 0 Å². The minimum Gasteiger partial charge on any atom is -0.465 e. The number of nitro groups is 1. The van der Waals surface area contributed by atoms with E-state index in [1.165, 1.54) is 25.7 Å². The lowest BCUT2D eigenvalue weighted by molar-refractivity contribution is -0.541. The molecule has 0 aromatic carbocycles. The third-order valence-electron chi connectivity index (χ3n) is 10.2. The molecule has 3 aliphatic rings. The highest BCUT2D eigenvalue weighted by molar-refractivity contribution is 5.73. The summed E-state index contributed by atoms with van der Waals surface area (Å²) in [6.45, 7) is 7.55. The van der Waals surface area contributed by atoms with Crippen LogP contribution in [0.15, 0.2) is 0 Å². The van der Waals surface area contributed by atoms with Crippen LogP contribution in [0.2, 0.25) is 0 Å². The number of ether oxygens (including phenoxy) is 3. The molecule has 0 spiro atoms. The van der Waals surface area contributed by atoms with Crippen LogP contribution in [-0.4, -0.2) is 48.3 Å². The van der Waals surface area contributed by atoms with E-state index in [2.05, 4.69) is 20.8 Å². The molecule has 41 heavy (non-hydrogen) atoms. The molecule has 0 heterocycles. The van der Waals surface area contributed by atoms with Gasteiger partial charge >= 0.3 is 11.9 Å². The summed E-state index contributed by atoms with van der Waals surface area (Å²) in [6.07, 6.45) is 16.3. The van der Waals surface area contributed by atoms with Crippen molar-refractivity contribution < 1.29 is 28.7 Å². The summed E-state index contributed by atoms with van der Waals surface area (Å²) in [7, 11) is 0. The number of rotatable bonds is 16. The Bertz CT molecular complexity index is 788. The summed E-state index contributed by atoms with van der Waals surface area (Å²) in [5, 5.41) is 11.8. The lowest BCUT2D eigenvalue weighted by Gasteiger charge is -2.38. The predicted molar refractivity (Wildman–Crippen MR) is 159 cm³/mol. The topological polar surface area (TPSA) is 105 Å². The summed E-state index contributed by atoms with van der Waals surface area (Å²) < 4.78 is 17.4. The van der Waals surface area contributed by atoms with Crippen molar-refractivity contribution in [2.75, 3.05) is 13.2 Å². The Hall–Kier alpha value is -1.70. The number of carbonyl (C=O) groups is 2. The summed E-state index contributed by atoms with van der Waals surface area (Å²) >= 11 is 0. The van der Waals surface area contributed by atoms with Crippen LogP contribution in [-0.2, 0) is 23.8 Å². The van der Waals surface area contributed by atoms with Crippen LogP contribution in [0.5, 0.6) is 0 Å². The highest BCUT2D eigenvalue weighted by atomic mass is 16.6. The second-order valence-corrected chi connectivity index (χ2v) is 13.3. The van der Waals surface area contributed by atoms with Gasteiger partial charge in [-0.05, 0) is 88.4 Å². The van der Waals surface area contributed by atoms with E-state index >= 15 is 0 Å². The van der Waals surface area contributed by atoms with Crippen LogP contribution in [0.1, 0.15) is 136 Å². The molecule has 8 nitrogen and oxygen atoms in total. The molecule has 0 aromatic rings. The summed E-state index contributed by atoms with van der Waals surface area (Å²) in [6, 6.07) is -0.622. The molecule has 3 saturated carbocycles. The van der Waals surface area contributed by atoms with E-state index in [1.807, 2.05) is 0 Å². The fraction of sp³-hybridized carbons (Fsp3) is 0.939. The Labute approximate surface area is 248 Å². The van der Waals surface area contributed by atoms with Crippen molar-refractivity contribution in [2.24, 2.45) is 29.6 Å². The monoisotopic (exact) mass is 579 g/mol. The van der Waals surface area contributed by atoms with Gasteiger partial charge < -0.3 is 14.2 Å². The van der Waals surface area contributed by atoms with Gasteiger partial charge in [0.25, 0.3) is 0 Å². The lowest BCUT2D eigenvalue weighted by Crippen LogP contribution is -2.44. The molecule has 3 fully saturated rings. The van der Waals surface area contributed by atoms with Crippen molar-refractivity contribution in [1.29, 1.82) is 0 Å². The Kier molecular flexibility index (Phi) is 14.9. The smallest absolute Gasteiger partial charge is 0.309 e. The second kappa shape index (κ2) is 18.1. The highest BCUT2D eigenvalue weighted by Crippen LogP contribution is 2.42. The summed E-state index contributed by atoms with van der Waals surface area (Å²) in [5.74, 6) is 0.866. The quantitative estimate of drug-likeness (QED) is 0.0799. The average Bonchev–Trinajstić information content (AvgIpc) is 2.99. The minimum atomic E-state index is -0.622. The Morgan fingerprint density at radius 3 is 2.07 bits per heavy atom. The molecule has 0 amide bonds. The first-order chi connectivity index (χ1) is 19.8. The molecule has 236 valence electrons. The van der Waals surface area contributed by atoms with Gasteiger partial charge in [0.05, 0.1) is 18.4 Å². The molecular weight excluding hydrogens is 522 g/mol. The molecule has 4 atom stereocenters. The van der Waals surface area contributed by atoms with Crippen molar-refractivity contribution in [3.8, 4) is 0 Å². The number of unbranched alkanes of at least 4 members (excludes halogenated alkanes) is 5. The van der Waals surface area contributed by atoms with E-state index in [1.54, 1.807) is 0 Å². The number of nitrogens with zero attached hydrogens (tertiary/aromatic N) is 1. The Balaban J connectivity index is 1.31. The SMILES string of the molecule is CCCCCCCCOC(=O)C1CCC(OC(=O)C2CCC(C3CCC(OCC(C)CC)C([N+](=O)[O-])C3)CC2)CC1. The molecule has 3 rings (SSSR count). The number of hydrogen-bond acceptors (Lipinski definition) is 7. The lowest BCUT2D eigenvalue weighted by atomic mass is 9.69. The second-order valence-electron chi connectivity index (χ2n) is 13.3. The van der Waals surface area contributed by atoms with E-state index in [0.717, 1.165) is 83.5 Å². The first kappa shape index (κ1) is 33.8. The maximum atomic E-state index is 12.9. The standard InChI is InChI=1S/C33H57NO7/c1-4-6-7-8-9-10-21-39-32(35)26-15-18-29(19-16-26)41-33(36)27-13-11-25(12-14-27)28-17-20-31(30(22-28)34(37)38)40-23-24(3)5-2/h24-31H,4-23H2,1-3H3. The summed E-state index contributed by atoms with van der Waals surface area (Å²) in [4.78, 5) is 37.1. The molecule has 0 N–H and O–H groups in total. The average molecular weight is 580 g/mol. The van der Waals surface area contributed by atoms with Crippen LogP contribution in [0.3, 0.4) is 0 Å². The van der Waals surface area contributed by atoms with Crippen LogP contribution in [0.4, 0.5) is 0 Å². The largest absolute Gasteiger partial charge is 0.465 e. The molecule has 0 aliphatic heterocycles. The van der Waals surface area contributed by atoms with E-state index < -0.39 is 6.04 Å². The first-order valence-corrected chi connectivity index (χ1v) is 16.9. The maximum absolute atomic E-state index is 12.9. The molecule has 0 saturated heterocycles. The third-order valence-corrected chi connectivity index (χ3v) is 10.2. The molecule has 0 radical (unpaired) electrons. The molecule has 4 unspecified atom stereocenters. The normalized spacial score (nSPS) is 31.2. The van der Waals surface area contributed by atoms with E-state index in [0.29, 0.717) is 37.4 Å². The van der Waals surface area contributed by atoms with Crippen LogP contribution in [0.25, 0.3) is 0 Å². The van der Waals surface area contributed by atoms with Crippen LogP contribution >= 0.6 is 0 Å². The van der Waals surface area contributed by atoms with Gasteiger partial charge in [-0.2, -0.15) is 0 Å². The molecule has 0 aromatic heterocycles. The van der Waals surface area contributed by atoms with Gasteiger partial charge in [0.15, 0.2) is 0 Å². The molecular formula is C33H57NO7. The number of esters is 2. The van der Waals surface area contributed by atoms with Crippen molar-refractivity contribution >= 4 is 11.9 Å². The van der Waals surface area contributed by atoms with E-state index in [4.69, 9.17) is 14.2 Å². The van der Waals surface area contributed by atoms with Gasteiger partial charge in [0.1, 0.15) is 12.2 Å². The Morgan fingerprint density at radius 2 is 1.41 bits per heavy atom. The van der Waals surface area contributed by atoms with Crippen molar-refractivity contribution in [3.05, 3.63) is 10.1 Å². The minimum absolute atomic E-state index is 0.0704. The van der Waals surface area contributed by atoms with E-state index in [-0.39, 0.29) is 40.9 Å². The van der Waals surface area contributed by atoms with Crippen molar-refractivity contribution in [3.63, 3.8) is 0 Å². The van der Waals surface area contributed by atoms with Crippen LogP contribution < -0.4 is 0 Å². The van der Waals surface area contributed by atoms with Crippen molar-refractivity contribution in [1.82, 2.24) is 0 Å². The summed E-state index contributed by atoms with van der Waals surface area (Å²) in [5.41, 5.74) is 0. The van der Waals surface area contributed by atoms with Crippen molar-refractivity contribution in [2.45, 2.75) is 155 Å². The highest BCUT2D eigenvalue weighted by Gasteiger charge is 2.43. The van der Waals surface area contributed by atoms with Gasteiger partial charge in [-0.1, -0.05) is 59.3 Å². The van der Waals surface area contributed by atoms with Gasteiger partial charge in [-0.3, -0.25) is 19.7 Å².